The number of carbonyl (C=O) groups is 2. The Labute approximate surface area is 186 Å². The summed E-state index contributed by atoms with van der Waals surface area (Å²) in [6.45, 7) is 2.15. The molecule has 0 saturated carbocycles. The minimum absolute atomic E-state index is 0.114. The Morgan fingerprint density at radius 1 is 1.00 bits per heavy atom. The highest BCUT2D eigenvalue weighted by Crippen LogP contribution is 2.38. The number of hydrogen-bond acceptors (Lipinski definition) is 5. The van der Waals surface area contributed by atoms with Crippen molar-refractivity contribution in [3.05, 3.63) is 77.9 Å². The Hall–Kier alpha value is -4.00. The number of nitrogens with one attached hydrogen (secondary N) is 1. The normalized spacial score (nSPS) is 14.9. The number of anilines is 2. The summed E-state index contributed by atoms with van der Waals surface area (Å²) < 4.78 is 16.5. The van der Waals surface area contributed by atoms with Gasteiger partial charge in [-0.1, -0.05) is 36.4 Å². The molecule has 0 aliphatic carbocycles. The van der Waals surface area contributed by atoms with Gasteiger partial charge in [0, 0.05) is 11.8 Å². The minimum atomic E-state index is -0.633. The summed E-state index contributed by atoms with van der Waals surface area (Å²) in [5.74, 6) is 0.851. The Kier molecular flexibility index (Phi) is 5.98. The van der Waals surface area contributed by atoms with Crippen LogP contribution >= 0.6 is 0 Å². The van der Waals surface area contributed by atoms with E-state index in [1.807, 2.05) is 30.3 Å². The van der Waals surface area contributed by atoms with E-state index in [0.717, 1.165) is 5.56 Å². The summed E-state index contributed by atoms with van der Waals surface area (Å²) in [7, 11) is 3.00. The monoisotopic (exact) mass is 432 g/mol. The molecule has 3 aromatic carbocycles. The third-order valence-electron chi connectivity index (χ3n) is 5.26. The third kappa shape index (κ3) is 4.09. The van der Waals surface area contributed by atoms with E-state index in [9.17, 15) is 9.59 Å². The molecule has 32 heavy (non-hydrogen) atoms. The molecule has 1 N–H and O–H groups in total. The lowest BCUT2D eigenvalue weighted by Gasteiger charge is -2.33. The van der Waals surface area contributed by atoms with Crippen LogP contribution in [0.5, 0.6) is 17.2 Å². The molecule has 0 aromatic heterocycles. The van der Waals surface area contributed by atoms with Crippen molar-refractivity contribution in [2.45, 2.75) is 19.6 Å². The van der Waals surface area contributed by atoms with Crippen molar-refractivity contribution in [1.82, 2.24) is 0 Å². The van der Waals surface area contributed by atoms with Crippen LogP contribution < -0.4 is 24.4 Å². The largest absolute Gasteiger partial charge is 0.496 e. The van der Waals surface area contributed by atoms with Gasteiger partial charge in [0.2, 0.25) is 0 Å². The van der Waals surface area contributed by atoms with Gasteiger partial charge in [0.15, 0.2) is 6.10 Å². The molecule has 1 unspecified atom stereocenters. The molecule has 1 aliphatic heterocycles. The van der Waals surface area contributed by atoms with E-state index in [1.165, 1.54) is 14.2 Å². The Morgan fingerprint density at radius 3 is 2.34 bits per heavy atom. The van der Waals surface area contributed by atoms with Crippen LogP contribution in [-0.4, -0.2) is 32.1 Å². The summed E-state index contributed by atoms with van der Waals surface area (Å²) >= 11 is 0. The van der Waals surface area contributed by atoms with Crippen molar-refractivity contribution in [2.24, 2.45) is 0 Å². The maximum absolute atomic E-state index is 13.0. The molecule has 4 rings (SSSR count). The van der Waals surface area contributed by atoms with Crippen molar-refractivity contribution in [1.29, 1.82) is 0 Å². The van der Waals surface area contributed by atoms with Crippen LogP contribution in [0.3, 0.4) is 0 Å². The molecular formula is C25H24N2O5. The van der Waals surface area contributed by atoms with Gasteiger partial charge in [0.25, 0.3) is 11.8 Å². The van der Waals surface area contributed by atoms with Gasteiger partial charge in [-0.3, -0.25) is 9.59 Å². The molecule has 7 heteroatoms. The number of fused-ring (bicyclic) bond motifs is 1. The second kappa shape index (κ2) is 9.01. The first kappa shape index (κ1) is 21.2. The lowest BCUT2D eigenvalue weighted by Crippen LogP contribution is -2.44. The van der Waals surface area contributed by atoms with Crippen LogP contribution in [0, 0.1) is 0 Å². The molecule has 2 amide bonds. The zero-order valence-electron chi connectivity index (χ0n) is 18.1. The lowest BCUT2D eigenvalue weighted by atomic mass is 10.1. The van der Waals surface area contributed by atoms with Gasteiger partial charge in [-0.2, -0.15) is 0 Å². The second-order valence-electron chi connectivity index (χ2n) is 7.34. The quantitative estimate of drug-likeness (QED) is 0.630. The molecule has 0 spiro atoms. The Balaban J connectivity index is 1.62. The highest BCUT2D eigenvalue weighted by Gasteiger charge is 2.32. The zero-order valence-corrected chi connectivity index (χ0v) is 18.1. The molecule has 7 nitrogen and oxygen atoms in total. The summed E-state index contributed by atoms with van der Waals surface area (Å²) in [5, 5.41) is 2.87. The van der Waals surface area contributed by atoms with Crippen molar-refractivity contribution in [3.63, 3.8) is 0 Å². The van der Waals surface area contributed by atoms with Crippen molar-refractivity contribution in [3.8, 4) is 17.2 Å². The predicted octanol–water partition coefficient (Wildman–Crippen LogP) is 4.27. The molecule has 0 bridgehead atoms. The Bertz CT molecular complexity index is 1120. The average molecular weight is 432 g/mol. The van der Waals surface area contributed by atoms with Crippen LogP contribution in [0.1, 0.15) is 22.8 Å². The first-order valence-electron chi connectivity index (χ1n) is 10.2. The van der Waals surface area contributed by atoms with Crippen LogP contribution in [0.2, 0.25) is 0 Å². The van der Waals surface area contributed by atoms with Crippen molar-refractivity contribution >= 4 is 23.2 Å². The molecule has 1 aliphatic rings. The first-order valence-corrected chi connectivity index (χ1v) is 10.2. The maximum atomic E-state index is 13.0. The van der Waals surface area contributed by atoms with Gasteiger partial charge in [0.1, 0.15) is 22.8 Å². The van der Waals surface area contributed by atoms with Crippen LogP contribution in [0.25, 0.3) is 0 Å². The van der Waals surface area contributed by atoms with E-state index in [1.54, 1.807) is 48.2 Å². The van der Waals surface area contributed by atoms with Gasteiger partial charge in [0.05, 0.1) is 26.5 Å². The smallest absolute Gasteiger partial charge is 0.268 e. The van der Waals surface area contributed by atoms with Gasteiger partial charge < -0.3 is 24.4 Å². The molecule has 1 atom stereocenters. The fraction of sp³-hybridized carbons (Fsp3) is 0.200. The van der Waals surface area contributed by atoms with Gasteiger partial charge in [-0.15, -0.1) is 0 Å². The maximum Gasteiger partial charge on any atom is 0.268 e. The van der Waals surface area contributed by atoms with Crippen molar-refractivity contribution < 1.29 is 23.8 Å². The van der Waals surface area contributed by atoms with Crippen LogP contribution in [0.4, 0.5) is 11.4 Å². The van der Waals surface area contributed by atoms with Crippen LogP contribution in [-0.2, 0) is 11.3 Å². The van der Waals surface area contributed by atoms with E-state index < -0.39 is 6.10 Å². The number of nitrogens with zero attached hydrogens (tertiary/aromatic N) is 1. The molecule has 0 saturated heterocycles. The summed E-state index contributed by atoms with van der Waals surface area (Å²) in [4.78, 5) is 27.5. The number of ether oxygens (including phenoxy) is 3. The van der Waals surface area contributed by atoms with E-state index in [0.29, 0.717) is 40.7 Å². The number of carbonyl (C=O) groups excluding carboxylic acids is 2. The molecule has 164 valence electrons. The standard InChI is InChI=1S/C25H24N2O5/c1-16-25(29)27(15-17-8-5-4-6-9-17)19-13-12-18(14-22(19)32-16)26-24(28)23-20(30-2)10-7-11-21(23)31-3/h4-14,16H,15H2,1-3H3,(H,26,28). The summed E-state index contributed by atoms with van der Waals surface area (Å²) in [5.41, 5.74) is 2.50. The SMILES string of the molecule is COc1cccc(OC)c1C(=O)Nc1ccc2c(c1)OC(C)C(=O)N2Cc1ccccc1. The van der Waals surface area contributed by atoms with E-state index in [4.69, 9.17) is 14.2 Å². The van der Waals surface area contributed by atoms with Gasteiger partial charge >= 0.3 is 0 Å². The third-order valence-corrected chi connectivity index (χ3v) is 5.26. The number of rotatable bonds is 6. The van der Waals surface area contributed by atoms with Gasteiger partial charge in [-0.05, 0) is 36.8 Å². The molecule has 3 aromatic rings. The van der Waals surface area contributed by atoms with Crippen LogP contribution in [0.15, 0.2) is 66.7 Å². The predicted molar refractivity (Wildman–Crippen MR) is 122 cm³/mol. The topological polar surface area (TPSA) is 77.1 Å². The highest BCUT2D eigenvalue weighted by molar-refractivity contribution is 6.08. The van der Waals surface area contributed by atoms with Gasteiger partial charge in [-0.25, -0.2) is 0 Å². The molecule has 0 radical (unpaired) electrons. The number of methoxy groups -OCH3 is 2. The second-order valence-corrected chi connectivity index (χ2v) is 7.34. The highest BCUT2D eigenvalue weighted by atomic mass is 16.5. The van der Waals surface area contributed by atoms with Crippen molar-refractivity contribution in [2.75, 3.05) is 24.4 Å². The molecule has 1 heterocycles. The summed E-state index contributed by atoms with van der Waals surface area (Å²) in [6.07, 6.45) is -0.633. The Morgan fingerprint density at radius 2 is 1.69 bits per heavy atom. The van der Waals surface area contributed by atoms with E-state index >= 15 is 0 Å². The average Bonchev–Trinajstić information content (AvgIpc) is 2.81. The fourth-order valence-corrected chi connectivity index (χ4v) is 3.69. The zero-order chi connectivity index (χ0) is 22.7. The minimum Gasteiger partial charge on any atom is -0.496 e. The van der Waals surface area contributed by atoms with E-state index in [-0.39, 0.29) is 11.8 Å². The number of amides is 2. The fourth-order valence-electron chi connectivity index (χ4n) is 3.69. The lowest BCUT2D eigenvalue weighted by molar-refractivity contribution is -0.125. The number of hydrogen-bond donors (Lipinski definition) is 1. The molecular weight excluding hydrogens is 408 g/mol. The summed E-state index contributed by atoms with van der Waals surface area (Å²) in [6, 6.07) is 20.1. The first-order chi connectivity index (χ1) is 15.5. The number of benzene rings is 3. The molecule has 0 fully saturated rings. The van der Waals surface area contributed by atoms with E-state index in [2.05, 4.69) is 5.32 Å².